The van der Waals surface area contributed by atoms with E-state index in [1.807, 2.05) is 41.8 Å². The summed E-state index contributed by atoms with van der Waals surface area (Å²) in [6.45, 7) is 4.12. The molecule has 1 aromatic carbocycles. The van der Waals surface area contributed by atoms with Crippen molar-refractivity contribution in [3.05, 3.63) is 53.7 Å². The average molecular weight is 237 g/mol. The summed E-state index contributed by atoms with van der Waals surface area (Å²) in [6, 6.07) is 12.2. The predicted molar refractivity (Wildman–Crippen MR) is 74.5 cm³/mol. The zero-order valence-corrected chi connectivity index (χ0v) is 10.5. The Kier molecular flexibility index (Phi) is 2.33. The van der Waals surface area contributed by atoms with Crippen LogP contribution < -0.4 is 5.73 Å². The molecule has 90 valence electrons. The summed E-state index contributed by atoms with van der Waals surface area (Å²) in [4.78, 5) is 4.68. The van der Waals surface area contributed by atoms with Crippen LogP contribution in [-0.2, 0) is 0 Å². The lowest BCUT2D eigenvalue weighted by molar-refractivity contribution is 1.17. The number of nitrogens with two attached hydrogens (primary N) is 1. The second-order valence-electron chi connectivity index (χ2n) is 4.55. The van der Waals surface area contributed by atoms with Crippen LogP contribution >= 0.6 is 0 Å². The van der Waals surface area contributed by atoms with Crippen LogP contribution in [0.5, 0.6) is 0 Å². The first-order chi connectivity index (χ1) is 8.68. The van der Waals surface area contributed by atoms with E-state index < -0.39 is 0 Å². The maximum absolute atomic E-state index is 6.21. The highest BCUT2D eigenvalue weighted by molar-refractivity contribution is 5.77. The number of nitrogen functional groups attached to an aromatic ring is 1. The Bertz CT molecular complexity index is 726. The molecule has 18 heavy (non-hydrogen) atoms. The number of imidazole rings is 1. The molecule has 0 fully saturated rings. The van der Waals surface area contributed by atoms with Crippen molar-refractivity contribution in [2.75, 3.05) is 5.73 Å². The number of aromatic nitrogens is 2. The van der Waals surface area contributed by atoms with Crippen molar-refractivity contribution in [1.29, 1.82) is 0 Å². The van der Waals surface area contributed by atoms with Crippen LogP contribution in [0.1, 0.15) is 11.1 Å². The molecule has 0 unspecified atom stereocenters. The molecule has 0 radical (unpaired) electrons. The average Bonchev–Trinajstić information content (AvgIpc) is 2.70. The molecule has 2 N–H and O–H groups in total. The molecule has 0 aliphatic carbocycles. The zero-order valence-electron chi connectivity index (χ0n) is 10.5. The van der Waals surface area contributed by atoms with Gasteiger partial charge in [-0.15, -0.1) is 0 Å². The minimum Gasteiger partial charge on any atom is -0.383 e. The van der Waals surface area contributed by atoms with Crippen molar-refractivity contribution in [3.8, 4) is 11.3 Å². The molecule has 3 heteroatoms. The Labute approximate surface area is 106 Å². The zero-order chi connectivity index (χ0) is 12.7. The fourth-order valence-corrected chi connectivity index (χ4v) is 2.26. The first kappa shape index (κ1) is 10.8. The standard InChI is InChI=1S/C15H15N3/c1-10-6-3-4-8-12(10)13-14(16)18-9-5-7-11(2)15(18)17-13/h3-9H,16H2,1-2H3. The summed E-state index contributed by atoms with van der Waals surface area (Å²) in [6.07, 6.45) is 1.95. The van der Waals surface area contributed by atoms with Gasteiger partial charge < -0.3 is 5.73 Å². The number of hydrogen-bond acceptors (Lipinski definition) is 2. The van der Waals surface area contributed by atoms with Crippen LogP contribution in [0.4, 0.5) is 5.82 Å². The summed E-state index contributed by atoms with van der Waals surface area (Å²) >= 11 is 0. The minimum atomic E-state index is 0.697. The molecule has 2 aromatic heterocycles. The Hall–Kier alpha value is -2.29. The van der Waals surface area contributed by atoms with Crippen molar-refractivity contribution in [2.24, 2.45) is 0 Å². The highest BCUT2D eigenvalue weighted by Gasteiger charge is 2.13. The van der Waals surface area contributed by atoms with E-state index in [0.29, 0.717) is 5.82 Å². The fourth-order valence-electron chi connectivity index (χ4n) is 2.26. The molecule has 0 atom stereocenters. The molecule has 0 spiro atoms. The topological polar surface area (TPSA) is 43.3 Å². The largest absolute Gasteiger partial charge is 0.383 e. The van der Waals surface area contributed by atoms with Gasteiger partial charge in [0.1, 0.15) is 17.2 Å². The van der Waals surface area contributed by atoms with Gasteiger partial charge in [-0.1, -0.05) is 30.3 Å². The summed E-state index contributed by atoms with van der Waals surface area (Å²) in [5.41, 5.74) is 11.4. The quantitative estimate of drug-likeness (QED) is 0.706. The van der Waals surface area contributed by atoms with E-state index >= 15 is 0 Å². The SMILES string of the molecule is Cc1ccccc1-c1nc2c(C)cccn2c1N. The first-order valence-corrected chi connectivity index (χ1v) is 5.97. The number of fused-ring (bicyclic) bond motifs is 1. The first-order valence-electron chi connectivity index (χ1n) is 5.97. The number of hydrogen-bond donors (Lipinski definition) is 1. The smallest absolute Gasteiger partial charge is 0.142 e. The van der Waals surface area contributed by atoms with Gasteiger partial charge in [0.25, 0.3) is 0 Å². The summed E-state index contributed by atoms with van der Waals surface area (Å²) in [5, 5.41) is 0. The van der Waals surface area contributed by atoms with Crippen molar-refractivity contribution < 1.29 is 0 Å². The van der Waals surface area contributed by atoms with Crippen LogP contribution in [0.3, 0.4) is 0 Å². The molecule has 2 heterocycles. The van der Waals surface area contributed by atoms with Gasteiger partial charge in [-0.25, -0.2) is 4.98 Å². The number of nitrogens with zero attached hydrogens (tertiary/aromatic N) is 2. The van der Waals surface area contributed by atoms with Gasteiger partial charge in [-0.3, -0.25) is 4.40 Å². The second kappa shape index (κ2) is 3.88. The molecule has 0 bridgehead atoms. The van der Waals surface area contributed by atoms with Crippen LogP contribution in [0, 0.1) is 13.8 Å². The van der Waals surface area contributed by atoms with E-state index in [-0.39, 0.29) is 0 Å². The van der Waals surface area contributed by atoms with Gasteiger partial charge in [0.05, 0.1) is 0 Å². The van der Waals surface area contributed by atoms with Crippen LogP contribution in [-0.4, -0.2) is 9.38 Å². The molecule has 3 aromatic rings. The molecule has 3 rings (SSSR count). The lowest BCUT2D eigenvalue weighted by atomic mass is 10.1. The van der Waals surface area contributed by atoms with Gasteiger partial charge in [0.2, 0.25) is 0 Å². The molecular formula is C15H15N3. The van der Waals surface area contributed by atoms with Crippen molar-refractivity contribution in [3.63, 3.8) is 0 Å². The second-order valence-corrected chi connectivity index (χ2v) is 4.55. The lowest BCUT2D eigenvalue weighted by Crippen LogP contribution is -1.94. The van der Waals surface area contributed by atoms with Gasteiger partial charge in [-0.2, -0.15) is 0 Å². The predicted octanol–water partition coefficient (Wildman–Crippen LogP) is 3.20. The van der Waals surface area contributed by atoms with E-state index in [9.17, 15) is 0 Å². The summed E-state index contributed by atoms with van der Waals surface area (Å²) in [5.74, 6) is 0.697. The Balaban J connectivity index is 2.35. The van der Waals surface area contributed by atoms with Crippen LogP contribution in [0.2, 0.25) is 0 Å². The Morgan fingerprint density at radius 1 is 1.00 bits per heavy atom. The number of anilines is 1. The van der Waals surface area contributed by atoms with E-state index in [0.717, 1.165) is 22.5 Å². The molecule has 0 amide bonds. The minimum absolute atomic E-state index is 0.697. The Morgan fingerprint density at radius 2 is 1.72 bits per heavy atom. The maximum atomic E-state index is 6.21. The summed E-state index contributed by atoms with van der Waals surface area (Å²) in [7, 11) is 0. The van der Waals surface area contributed by atoms with Crippen LogP contribution in [0.25, 0.3) is 16.9 Å². The van der Waals surface area contributed by atoms with Crippen LogP contribution in [0.15, 0.2) is 42.6 Å². The van der Waals surface area contributed by atoms with Crippen molar-refractivity contribution in [1.82, 2.24) is 9.38 Å². The molecule has 0 saturated heterocycles. The Morgan fingerprint density at radius 3 is 2.44 bits per heavy atom. The van der Waals surface area contributed by atoms with Crippen molar-refractivity contribution in [2.45, 2.75) is 13.8 Å². The normalized spacial score (nSPS) is 11.0. The third-order valence-corrected chi connectivity index (χ3v) is 3.28. The highest BCUT2D eigenvalue weighted by Crippen LogP contribution is 2.29. The fraction of sp³-hybridized carbons (Fsp3) is 0.133. The van der Waals surface area contributed by atoms with E-state index in [2.05, 4.69) is 24.0 Å². The molecule has 0 saturated carbocycles. The third kappa shape index (κ3) is 1.48. The molecule has 0 aliphatic rings. The number of aryl methyl sites for hydroxylation is 2. The maximum Gasteiger partial charge on any atom is 0.142 e. The molecule has 3 nitrogen and oxygen atoms in total. The van der Waals surface area contributed by atoms with Gasteiger partial charge in [0, 0.05) is 11.8 Å². The van der Waals surface area contributed by atoms with E-state index in [1.165, 1.54) is 5.56 Å². The van der Waals surface area contributed by atoms with E-state index in [4.69, 9.17) is 5.73 Å². The molecular weight excluding hydrogens is 222 g/mol. The number of benzene rings is 1. The van der Waals surface area contributed by atoms with Gasteiger partial charge in [0.15, 0.2) is 0 Å². The van der Waals surface area contributed by atoms with Crippen molar-refractivity contribution >= 4 is 11.5 Å². The number of rotatable bonds is 1. The van der Waals surface area contributed by atoms with Gasteiger partial charge >= 0.3 is 0 Å². The summed E-state index contributed by atoms with van der Waals surface area (Å²) < 4.78 is 1.94. The highest BCUT2D eigenvalue weighted by atomic mass is 15.1. The lowest BCUT2D eigenvalue weighted by Gasteiger charge is -2.02. The monoisotopic (exact) mass is 237 g/mol. The third-order valence-electron chi connectivity index (χ3n) is 3.28. The molecule has 0 aliphatic heterocycles. The van der Waals surface area contributed by atoms with E-state index in [1.54, 1.807) is 0 Å². The number of pyridine rings is 1. The van der Waals surface area contributed by atoms with Gasteiger partial charge in [-0.05, 0) is 31.0 Å².